The standard InChI is InChI=1S/C24H22BrNO.BrH/c1-26(2)23(20-11-7-4-8-12-20)22(17-25)24(27)21-15-13-19(14-16-21)18-9-5-3-6-10-18;/h3-16H,17H2,1-2H3;1H/b23-22+;. The van der Waals surface area contributed by atoms with Crippen LogP contribution in [0.2, 0.25) is 0 Å². The number of alkyl halides is 1. The third-order valence-corrected chi connectivity index (χ3v) is 5.00. The van der Waals surface area contributed by atoms with Crippen LogP contribution in [0.5, 0.6) is 0 Å². The van der Waals surface area contributed by atoms with Gasteiger partial charge in [0.2, 0.25) is 0 Å². The first-order valence-electron chi connectivity index (χ1n) is 8.84. The quantitative estimate of drug-likeness (QED) is 0.219. The van der Waals surface area contributed by atoms with Crippen molar-refractivity contribution in [2.24, 2.45) is 0 Å². The number of carbonyl (C=O) groups is 1. The average molecular weight is 501 g/mol. The van der Waals surface area contributed by atoms with Gasteiger partial charge in [-0.1, -0.05) is 101 Å². The van der Waals surface area contributed by atoms with Crippen molar-refractivity contribution in [2.75, 3.05) is 19.4 Å². The lowest BCUT2D eigenvalue weighted by Gasteiger charge is -2.21. The van der Waals surface area contributed by atoms with E-state index in [2.05, 4.69) is 28.1 Å². The van der Waals surface area contributed by atoms with Gasteiger partial charge in [-0.25, -0.2) is 0 Å². The van der Waals surface area contributed by atoms with Crippen LogP contribution < -0.4 is 0 Å². The molecule has 0 fully saturated rings. The highest BCUT2D eigenvalue weighted by Crippen LogP contribution is 2.26. The molecule has 3 rings (SSSR count). The summed E-state index contributed by atoms with van der Waals surface area (Å²) < 4.78 is 0. The van der Waals surface area contributed by atoms with Crippen LogP contribution in [-0.2, 0) is 0 Å². The van der Waals surface area contributed by atoms with Crippen LogP contribution in [0.4, 0.5) is 0 Å². The highest BCUT2D eigenvalue weighted by atomic mass is 79.9. The molecule has 0 aliphatic carbocycles. The van der Waals surface area contributed by atoms with Crippen LogP contribution in [0.3, 0.4) is 0 Å². The molecule has 3 aromatic carbocycles. The number of Topliss-reactive ketones (excluding diaryl/α,β-unsaturated/α-hetero) is 1. The van der Waals surface area contributed by atoms with Crippen molar-refractivity contribution in [3.05, 3.63) is 102 Å². The molecule has 0 bridgehead atoms. The molecular weight excluding hydrogens is 478 g/mol. The van der Waals surface area contributed by atoms with Gasteiger partial charge in [0.05, 0.1) is 5.70 Å². The molecule has 2 nitrogen and oxygen atoms in total. The third kappa shape index (κ3) is 5.00. The van der Waals surface area contributed by atoms with Crippen LogP contribution in [0.15, 0.2) is 90.5 Å². The van der Waals surface area contributed by atoms with Crippen LogP contribution in [0, 0.1) is 0 Å². The number of rotatable bonds is 6. The monoisotopic (exact) mass is 499 g/mol. The molecule has 144 valence electrons. The summed E-state index contributed by atoms with van der Waals surface area (Å²) in [6.45, 7) is 0. The predicted octanol–water partition coefficient (Wildman–Crippen LogP) is 6.48. The molecular formula is C24H23Br2NO. The van der Waals surface area contributed by atoms with Crippen molar-refractivity contribution in [1.29, 1.82) is 0 Å². The lowest BCUT2D eigenvalue weighted by atomic mass is 9.97. The second-order valence-electron chi connectivity index (χ2n) is 6.49. The van der Waals surface area contributed by atoms with Gasteiger partial charge in [0.15, 0.2) is 5.78 Å². The van der Waals surface area contributed by atoms with E-state index in [0.29, 0.717) is 10.9 Å². The Hall–Kier alpha value is -2.17. The van der Waals surface area contributed by atoms with Crippen molar-refractivity contribution in [3.63, 3.8) is 0 Å². The summed E-state index contributed by atoms with van der Waals surface area (Å²) in [5, 5.41) is 0.495. The van der Waals surface area contributed by atoms with Gasteiger partial charge in [-0.15, -0.1) is 17.0 Å². The molecule has 0 radical (unpaired) electrons. The van der Waals surface area contributed by atoms with E-state index in [0.717, 1.165) is 28.0 Å². The lowest BCUT2D eigenvalue weighted by molar-refractivity contribution is 0.103. The summed E-state index contributed by atoms with van der Waals surface area (Å²) >= 11 is 3.53. The fraction of sp³-hybridized carbons (Fsp3) is 0.125. The molecule has 0 aromatic heterocycles. The molecule has 0 heterocycles. The topological polar surface area (TPSA) is 20.3 Å². The molecule has 0 saturated heterocycles. The van der Waals surface area contributed by atoms with Crippen molar-refractivity contribution in [2.45, 2.75) is 0 Å². The van der Waals surface area contributed by atoms with E-state index in [9.17, 15) is 4.79 Å². The van der Waals surface area contributed by atoms with Crippen LogP contribution in [-0.4, -0.2) is 30.1 Å². The first kappa shape index (κ1) is 22.1. The van der Waals surface area contributed by atoms with E-state index in [4.69, 9.17) is 0 Å². The number of hydrogen-bond donors (Lipinski definition) is 0. The van der Waals surface area contributed by atoms with Crippen molar-refractivity contribution in [1.82, 2.24) is 4.90 Å². The first-order valence-corrected chi connectivity index (χ1v) is 9.96. The van der Waals surface area contributed by atoms with E-state index in [1.165, 1.54) is 0 Å². The number of carbonyl (C=O) groups excluding carboxylic acids is 1. The number of allylic oxidation sites excluding steroid dienone is 1. The van der Waals surface area contributed by atoms with Gasteiger partial charge < -0.3 is 4.90 Å². The summed E-state index contributed by atoms with van der Waals surface area (Å²) in [4.78, 5) is 15.2. The van der Waals surface area contributed by atoms with Crippen molar-refractivity contribution < 1.29 is 4.79 Å². The summed E-state index contributed by atoms with van der Waals surface area (Å²) in [6.07, 6.45) is 0. The number of ketones is 1. The second kappa shape index (κ2) is 10.4. The van der Waals surface area contributed by atoms with E-state index >= 15 is 0 Å². The van der Waals surface area contributed by atoms with Gasteiger partial charge in [0.1, 0.15) is 0 Å². The maximum absolute atomic E-state index is 13.2. The van der Waals surface area contributed by atoms with E-state index in [1.54, 1.807) is 0 Å². The third-order valence-electron chi connectivity index (χ3n) is 4.44. The Bertz CT molecular complexity index is 933. The molecule has 0 unspecified atom stereocenters. The predicted molar refractivity (Wildman–Crippen MR) is 127 cm³/mol. The van der Waals surface area contributed by atoms with Crippen molar-refractivity contribution >= 4 is 44.4 Å². The van der Waals surface area contributed by atoms with Gasteiger partial charge in [-0.3, -0.25) is 4.79 Å². The van der Waals surface area contributed by atoms with Gasteiger partial charge in [0.25, 0.3) is 0 Å². The van der Waals surface area contributed by atoms with Gasteiger partial charge in [-0.05, 0) is 16.7 Å². The summed E-state index contributed by atoms with van der Waals surface area (Å²) in [7, 11) is 3.94. The van der Waals surface area contributed by atoms with Gasteiger partial charge in [-0.2, -0.15) is 0 Å². The Kier molecular flexibility index (Phi) is 8.21. The number of halogens is 2. The molecule has 0 amide bonds. The Morgan fingerprint density at radius 1 is 0.750 bits per heavy atom. The van der Waals surface area contributed by atoms with Crippen LogP contribution in [0.1, 0.15) is 15.9 Å². The highest BCUT2D eigenvalue weighted by molar-refractivity contribution is 9.09. The van der Waals surface area contributed by atoms with Gasteiger partial charge >= 0.3 is 0 Å². The normalized spacial score (nSPS) is 11.2. The molecule has 4 heteroatoms. The Balaban J connectivity index is 0.00000280. The summed E-state index contributed by atoms with van der Waals surface area (Å²) in [6, 6.07) is 28.0. The number of hydrogen-bond acceptors (Lipinski definition) is 2. The molecule has 0 aliphatic heterocycles. The molecule has 0 N–H and O–H groups in total. The Morgan fingerprint density at radius 3 is 1.75 bits per heavy atom. The second-order valence-corrected chi connectivity index (χ2v) is 7.05. The van der Waals surface area contributed by atoms with Crippen LogP contribution >= 0.6 is 32.9 Å². The number of nitrogens with zero attached hydrogens (tertiary/aromatic N) is 1. The fourth-order valence-electron chi connectivity index (χ4n) is 3.15. The minimum atomic E-state index is 0. The van der Waals surface area contributed by atoms with Crippen LogP contribution in [0.25, 0.3) is 16.8 Å². The van der Waals surface area contributed by atoms with E-state index in [-0.39, 0.29) is 22.8 Å². The Labute approximate surface area is 185 Å². The maximum atomic E-state index is 13.2. The molecule has 0 spiro atoms. The highest BCUT2D eigenvalue weighted by Gasteiger charge is 2.19. The van der Waals surface area contributed by atoms with Crippen molar-refractivity contribution in [3.8, 4) is 11.1 Å². The summed E-state index contributed by atoms with van der Waals surface area (Å²) in [5.74, 6) is 0.0408. The molecule has 0 saturated carbocycles. The lowest BCUT2D eigenvalue weighted by Crippen LogP contribution is -2.17. The maximum Gasteiger partial charge on any atom is 0.191 e. The first-order chi connectivity index (χ1) is 13.1. The van der Waals surface area contributed by atoms with E-state index in [1.807, 2.05) is 91.8 Å². The minimum Gasteiger partial charge on any atom is -0.377 e. The van der Waals surface area contributed by atoms with E-state index < -0.39 is 0 Å². The molecule has 0 atom stereocenters. The SMILES string of the molecule is Br.CN(C)/C(=C(\CBr)C(=O)c1ccc(-c2ccccc2)cc1)c1ccccc1. The molecule has 28 heavy (non-hydrogen) atoms. The average Bonchev–Trinajstić information content (AvgIpc) is 2.72. The Morgan fingerprint density at radius 2 is 1.25 bits per heavy atom. The zero-order valence-corrected chi connectivity index (χ0v) is 19.2. The molecule has 0 aliphatic rings. The smallest absolute Gasteiger partial charge is 0.191 e. The number of benzene rings is 3. The fourth-order valence-corrected chi connectivity index (χ4v) is 3.67. The van der Waals surface area contributed by atoms with Gasteiger partial charge in [0, 0.05) is 30.6 Å². The summed E-state index contributed by atoms with van der Waals surface area (Å²) in [5.41, 5.74) is 5.66. The molecule has 3 aromatic rings. The largest absolute Gasteiger partial charge is 0.377 e. The zero-order valence-electron chi connectivity index (χ0n) is 15.9. The zero-order chi connectivity index (χ0) is 19.2. The minimum absolute atomic E-state index is 0.